The van der Waals surface area contributed by atoms with E-state index in [2.05, 4.69) is 39.4 Å². The molecular weight excluding hydrogens is 348 g/mol. The number of halogens is 2. The Balaban J connectivity index is 1.53. The third-order valence-corrected chi connectivity index (χ3v) is 4.82. The minimum Gasteiger partial charge on any atom is -0.371 e. The number of nitrogens with one attached hydrogen (secondary N) is 1. The summed E-state index contributed by atoms with van der Waals surface area (Å²) in [5, 5.41) is 7.44. The molecule has 1 aromatic heterocycles. The Hall–Kier alpha value is -2.96. The van der Waals surface area contributed by atoms with Crippen molar-refractivity contribution in [2.24, 2.45) is 5.92 Å². The molecule has 5 nitrogen and oxygen atoms in total. The fraction of sp³-hybridized carbons (Fsp3) is 0.300. The highest BCUT2D eigenvalue weighted by Crippen LogP contribution is 2.30. The number of hydrogen-bond donors (Lipinski definition) is 1. The van der Waals surface area contributed by atoms with E-state index in [9.17, 15) is 8.78 Å². The third-order valence-electron chi connectivity index (χ3n) is 4.82. The second-order valence-electron chi connectivity index (χ2n) is 7.00. The zero-order chi connectivity index (χ0) is 19.0. The topological polar surface area (TPSA) is 46.0 Å². The molecule has 0 saturated carbocycles. The lowest BCUT2D eigenvalue weighted by Gasteiger charge is -2.41. The average molecular weight is 369 g/mol. The summed E-state index contributed by atoms with van der Waals surface area (Å²) in [6, 6.07) is 9.50. The van der Waals surface area contributed by atoms with Gasteiger partial charge in [-0.3, -0.25) is 0 Å². The van der Waals surface area contributed by atoms with Crippen molar-refractivity contribution in [3.63, 3.8) is 0 Å². The zero-order valence-electron chi connectivity index (χ0n) is 15.3. The maximum absolute atomic E-state index is 13.4. The molecule has 1 fully saturated rings. The van der Waals surface area contributed by atoms with Crippen molar-refractivity contribution in [1.82, 2.24) is 14.8 Å². The largest absolute Gasteiger partial charge is 0.371 e. The van der Waals surface area contributed by atoms with Crippen LogP contribution in [0.15, 0.2) is 42.7 Å². The number of aromatic nitrogens is 3. The molecule has 0 bridgehead atoms. The van der Waals surface area contributed by atoms with Crippen molar-refractivity contribution in [3.8, 4) is 5.69 Å². The van der Waals surface area contributed by atoms with Gasteiger partial charge in [-0.05, 0) is 55.2 Å². The van der Waals surface area contributed by atoms with E-state index in [-0.39, 0.29) is 5.69 Å². The van der Waals surface area contributed by atoms with Gasteiger partial charge in [-0.25, -0.2) is 13.5 Å². The molecule has 1 aliphatic rings. The van der Waals surface area contributed by atoms with Crippen LogP contribution in [-0.4, -0.2) is 27.9 Å². The fourth-order valence-electron chi connectivity index (χ4n) is 3.30. The number of anilines is 3. The summed E-state index contributed by atoms with van der Waals surface area (Å²) in [5.41, 5.74) is 3.48. The van der Waals surface area contributed by atoms with Crippen LogP contribution >= 0.6 is 0 Å². The minimum atomic E-state index is -0.654. The molecule has 0 aliphatic carbocycles. The molecule has 0 atom stereocenters. The summed E-state index contributed by atoms with van der Waals surface area (Å²) in [7, 11) is 0. The van der Waals surface area contributed by atoms with Crippen LogP contribution in [0.25, 0.3) is 5.69 Å². The summed E-state index contributed by atoms with van der Waals surface area (Å²) in [4.78, 5) is 6.55. The normalized spacial score (nSPS) is 14.3. The highest BCUT2D eigenvalue weighted by molar-refractivity contribution is 5.64. The van der Waals surface area contributed by atoms with Crippen LogP contribution in [-0.2, 0) is 0 Å². The monoisotopic (exact) mass is 369 g/mol. The fourth-order valence-corrected chi connectivity index (χ4v) is 3.30. The lowest BCUT2D eigenvalue weighted by Crippen LogP contribution is -2.46. The van der Waals surface area contributed by atoms with Crippen molar-refractivity contribution < 1.29 is 8.78 Å². The maximum Gasteiger partial charge on any atom is 0.246 e. The molecule has 0 unspecified atom stereocenters. The number of benzene rings is 2. The van der Waals surface area contributed by atoms with Gasteiger partial charge in [-0.1, -0.05) is 6.92 Å². The maximum atomic E-state index is 13.4. The van der Waals surface area contributed by atoms with Crippen LogP contribution in [0.4, 0.5) is 26.1 Å². The van der Waals surface area contributed by atoms with Crippen molar-refractivity contribution in [2.75, 3.05) is 23.3 Å². The van der Waals surface area contributed by atoms with E-state index in [1.165, 1.54) is 35.3 Å². The van der Waals surface area contributed by atoms with Gasteiger partial charge in [0.1, 0.15) is 18.0 Å². The van der Waals surface area contributed by atoms with E-state index >= 15 is 0 Å². The first-order valence-corrected chi connectivity index (χ1v) is 9.02. The molecule has 2 aromatic carbocycles. The van der Waals surface area contributed by atoms with Gasteiger partial charge in [0.15, 0.2) is 0 Å². The average Bonchev–Trinajstić information content (AvgIpc) is 3.01. The first-order valence-electron chi connectivity index (χ1n) is 9.02. The number of rotatable bonds is 5. The summed E-state index contributed by atoms with van der Waals surface area (Å²) in [6.45, 7) is 6.43. The van der Waals surface area contributed by atoms with Gasteiger partial charge in [-0.2, -0.15) is 4.98 Å². The first-order chi connectivity index (χ1) is 13.0. The van der Waals surface area contributed by atoms with Gasteiger partial charge >= 0.3 is 0 Å². The zero-order valence-corrected chi connectivity index (χ0v) is 15.3. The Morgan fingerprint density at radius 2 is 1.78 bits per heavy atom. The van der Waals surface area contributed by atoms with Gasteiger partial charge in [0.2, 0.25) is 5.95 Å². The van der Waals surface area contributed by atoms with Crippen molar-refractivity contribution in [2.45, 2.75) is 20.3 Å². The van der Waals surface area contributed by atoms with Gasteiger partial charge < -0.3 is 10.2 Å². The number of aryl methyl sites for hydroxylation is 1. The first kappa shape index (κ1) is 17.5. The molecule has 0 spiro atoms. The van der Waals surface area contributed by atoms with Crippen LogP contribution in [0.3, 0.4) is 0 Å². The Morgan fingerprint density at radius 1 is 1.04 bits per heavy atom. The van der Waals surface area contributed by atoms with Crippen LogP contribution in [0, 0.1) is 24.5 Å². The van der Waals surface area contributed by atoms with Gasteiger partial charge in [0.25, 0.3) is 0 Å². The molecule has 3 aromatic rings. The van der Waals surface area contributed by atoms with E-state index in [1.807, 2.05) is 13.0 Å². The molecule has 140 valence electrons. The predicted molar refractivity (Wildman–Crippen MR) is 102 cm³/mol. The highest BCUT2D eigenvalue weighted by Gasteiger charge is 2.25. The van der Waals surface area contributed by atoms with E-state index in [0.717, 1.165) is 36.3 Å². The van der Waals surface area contributed by atoms with Crippen LogP contribution in [0.1, 0.15) is 18.9 Å². The lowest BCUT2D eigenvalue weighted by atomic mass is 9.96. The van der Waals surface area contributed by atoms with E-state index < -0.39 is 11.6 Å². The van der Waals surface area contributed by atoms with Gasteiger partial charge in [0, 0.05) is 30.5 Å². The minimum absolute atomic E-state index is 0.282. The molecule has 7 heteroatoms. The lowest BCUT2D eigenvalue weighted by molar-refractivity contribution is 0.399. The van der Waals surface area contributed by atoms with E-state index in [1.54, 1.807) is 0 Å². The third kappa shape index (κ3) is 3.77. The SMILES string of the molecule is CCC1CN(c2cc(C)cc(Nc3ncn(-c4cc(F)cc(F)c4)n3)c2)C1. The van der Waals surface area contributed by atoms with Crippen molar-refractivity contribution in [1.29, 1.82) is 0 Å². The Morgan fingerprint density at radius 3 is 2.48 bits per heavy atom. The highest BCUT2D eigenvalue weighted by atomic mass is 19.1. The molecular formula is C20H21F2N5. The summed E-state index contributed by atoms with van der Waals surface area (Å²) >= 11 is 0. The molecule has 1 N–H and O–H groups in total. The molecule has 27 heavy (non-hydrogen) atoms. The standard InChI is InChI=1S/C20H21F2N5/c1-3-14-10-26(11-14)18-5-13(2)4-17(9-18)24-20-23-12-27(25-20)19-7-15(21)6-16(22)8-19/h4-9,12,14H,3,10-11H2,1-2H3,(H,24,25). The van der Waals surface area contributed by atoms with Gasteiger partial charge in [-0.15, -0.1) is 5.10 Å². The molecule has 4 rings (SSSR count). The summed E-state index contributed by atoms with van der Waals surface area (Å²) in [5.74, 6) is -0.172. The summed E-state index contributed by atoms with van der Waals surface area (Å²) < 4.78 is 28.1. The van der Waals surface area contributed by atoms with Gasteiger partial charge in [0.05, 0.1) is 5.69 Å². The second kappa shape index (κ2) is 6.98. The molecule has 1 aliphatic heterocycles. The molecule has 2 heterocycles. The second-order valence-corrected chi connectivity index (χ2v) is 7.00. The summed E-state index contributed by atoms with van der Waals surface area (Å²) in [6.07, 6.45) is 2.63. The smallest absolute Gasteiger partial charge is 0.246 e. The molecule has 1 saturated heterocycles. The number of nitrogens with zero attached hydrogens (tertiary/aromatic N) is 4. The molecule has 0 amide bonds. The van der Waals surface area contributed by atoms with Crippen LogP contribution in [0.5, 0.6) is 0 Å². The Kier molecular flexibility index (Phi) is 4.51. The number of hydrogen-bond acceptors (Lipinski definition) is 4. The Bertz CT molecular complexity index is 943. The van der Waals surface area contributed by atoms with Crippen molar-refractivity contribution >= 4 is 17.3 Å². The van der Waals surface area contributed by atoms with E-state index in [0.29, 0.717) is 5.95 Å². The van der Waals surface area contributed by atoms with Crippen LogP contribution < -0.4 is 10.2 Å². The predicted octanol–water partition coefficient (Wildman–Crippen LogP) is 4.44. The van der Waals surface area contributed by atoms with Crippen LogP contribution in [0.2, 0.25) is 0 Å². The van der Waals surface area contributed by atoms with Crippen molar-refractivity contribution in [3.05, 3.63) is 59.9 Å². The Labute approximate surface area is 156 Å². The molecule has 0 radical (unpaired) electrons. The quantitative estimate of drug-likeness (QED) is 0.722. The van der Waals surface area contributed by atoms with E-state index in [4.69, 9.17) is 0 Å².